The number of aryl methyl sites for hydroxylation is 1. The second kappa shape index (κ2) is 8.95. The number of hydrogen-bond acceptors (Lipinski definition) is 4. The van der Waals surface area contributed by atoms with Gasteiger partial charge in [0.15, 0.2) is 5.96 Å². The van der Waals surface area contributed by atoms with Gasteiger partial charge in [-0.15, -0.1) is 0 Å². The molecule has 2 N–H and O–H groups in total. The Morgan fingerprint density at radius 3 is 2.74 bits per heavy atom. The first kappa shape index (κ1) is 17.0. The van der Waals surface area contributed by atoms with Crippen LogP contribution in [0, 0.1) is 6.92 Å². The van der Waals surface area contributed by atoms with Crippen molar-refractivity contribution in [2.75, 3.05) is 26.8 Å². The van der Waals surface area contributed by atoms with E-state index in [9.17, 15) is 0 Å². The van der Waals surface area contributed by atoms with E-state index in [4.69, 9.17) is 9.15 Å². The predicted octanol–water partition coefficient (Wildman–Crippen LogP) is 2.35. The van der Waals surface area contributed by atoms with Crippen molar-refractivity contribution < 1.29 is 9.15 Å². The van der Waals surface area contributed by atoms with Crippen molar-refractivity contribution in [3.05, 3.63) is 41.8 Å². The van der Waals surface area contributed by atoms with Crippen LogP contribution in [0.15, 0.2) is 39.9 Å². The fraction of sp³-hybridized carbons (Fsp3) is 0.412. The molecule has 6 nitrogen and oxygen atoms in total. The van der Waals surface area contributed by atoms with Gasteiger partial charge in [-0.05, 0) is 26.0 Å². The van der Waals surface area contributed by atoms with E-state index < -0.39 is 0 Å². The van der Waals surface area contributed by atoms with E-state index in [-0.39, 0.29) is 0 Å². The number of hydrogen-bond donors (Lipinski definition) is 2. The number of rotatable bonds is 7. The Kier molecular flexibility index (Phi) is 6.62. The lowest BCUT2D eigenvalue weighted by molar-refractivity contribution is 0.203. The van der Waals surface area contributed by atoms with Crippen LogP contribution >= 0.6 is 0 Å². The van der Waals surface area contributed by atoms with Crippen LogP contribution in [0.5, 0.6) is 0 Å². The molecule has 0 atom stereocenters. The molecule has 2 rings (SSSR count). The van der Waals surface area contributed by atoms with Crippen LogP contribution < -0.4 is 10.6 Å². The number of benzene rings is 1. The summed E-state index contributed by atoms with van der Waals surface area (Å²) in [5.41, 5.74) is 2.98. The number of nitrogens with one attached hydrogen (secondary N) is 2. The number of aliphatic imine (C=N–C) groups is 1. The number of oxazole rings is 1. The molecule has 0 saturated heterocycles. The molecule has 23 heavy (non-hydrogen) atoms. The molecule has 1 aromatic carbocycles. The Morgan fingerprint density at radius 1 is 1.26 bits per heavy atom. The third-order valence-electron chi connectivity index (χ3n) is 3.19. The predicted molar refractivity (Wildman–Crippen MR) is 91.4 cm³/mol. The lowest BCUT2D eigenvalue weighted by atomic mass is 10.1. The van der Waals surface area contributed by atoms with Gasteiger partial charge in [0.2, 0.25) is 5.89 Å². The largest absolute Gasteiger partial charge is 0.444 e. The number of ether oxygens (including phenoxy) is 1. The second-order valence-electron chi connectivity index (χ2n) is 5.12. The molecule has 0 fully saturated rings. The number of aromatic nitrogens is 1. The first-order valence-corrected chi connectivity index (χ1v) is 7.75. The molecule has 0 unspecified atom stereocenters. The Bertz CT molecular complexity index is 620. The summed E-state index contributed by atoms with van der Waals surface area (Å²) in [6.07, 6.45) is 1.65. The monoisotopic (exact) mass is 316 g/mol. The smallest absolute Gasteiger partial charge is 0.226 e. The fourth-order valence-corrected chi connectivity index (χ4v) is 1.98. The van der Waals surface area contributed by atoms with Crippen LogP contribution in [-0.2, 0) is 11.3 Å². The van der Waals surface area contributed by atoms with E-state index in [1.807, 2.05) is 31.2 Å². The molecule has 0 spiro atoms. The van der Waals surface area contributed by atoms with E-state index in [2.05, 4.69) is 27.5 Å². The van der Waals surface area contributed by atoms with Crippen molar-refractivity contribution in [3.8, 4) is 11.5 Å². The minimum absolute atomic E-state index is 0.456. The maximum Gasteiger partial charge on any atom is 0.226 e. The fourth-order valence-electron chi connectivity index (χ4n) is 1.98. The highest BCUT2D eigenvalue weighted by Crippen LogP contribution is 2.19. The summed E-state index contributed by atoms with van der Waals surface area (Å²) in [6, 6.07) is 8.09. The van der Waals surface area contributed by atoms with Crippen LogP contribution in [0.25, 0.3) is 11.5 Å². The zero-order valence-corrected chi connectivity index (χ0v) is 13.9. The van der Waals surface area contributed by atoms with Crippen molar-refractivity contribution in [1.82, 2.24) is 15.6 Å². The molecule has 1 heterocycles. The van der Waals surface area contributed by atoms with Gasteiger partial charge in [-0.25, -0.2) is 9.98 Å². The van der Waals surface area contributed by atoms with E-state index in [0.29, 0.717) is 25.6 Å². The molecule has 0 aliphatic rings. The van der Waals surface area contributed by atoms with E-state index >= 15 is 0 Å². The summed E-state index contributed by atoms with van der Waals surface area (Å²) in [5, 5.41) is 6.37. The van der Waals surface area contributed by atoms with Gasteiger partial charge in [0.25, 0.3) is 0 Å². The number of guanidine groups is 1. The molecular formula is C17H24N4O2. The van der Waals surface area contributed by atoms with Gasteiger partial charge < -0.3 is 19.8 Å². The van der Waals surface area contributed by atoms with Gasteiger partial charge in [0.1, 0.15) is 12.0 Å². The highest BCUT2D eigenvalue weighted by molar-refractivity contribution is 5.79. The Hall–Kier alpha value is -2.34. The molecule has 0 radical (unpaired) electrons. The highest BCUT2D eigenvalue weighted by atomic mass is 16.5. The summed E-state index contributed by atoms with van der Waals surface area (Å²) < 4.78 is 10.6. The minimum atomic E-state index is 0.456. The second-order valence-corrected chi connectivity index (χ2v) is 5.12. The maximum absolute atomic E-state index is 5.54. The van der Waals surface area contributed by atoms with Crippen molar-refractivity contribution in [2.24, 2.45) is 4.99 Å². The molecule has 0 aliphatic heterocycles. The molecular weight excluding hydrogens is 292 g/mol. The number of methoxy groups -OCH3 is 1. The van der Waals surface area contributed by atoms with Crippen LogP contribution in [0.2, 0.25) is 0 Å². The quantitative estimate of drug-likeness (QED) is 0.466. The average Bonchev–Trinajstić information content (AvgIpc) is 3.02. The van der Waals surface area contributed by atoms with Gasteiger partial charge in [0.05, 0.1) is 13.2 Å². The summed E-state index contributed by atoms with van der Waals surface area (Å²) in [7, 11) is 1.67. The summed E-state index contributed by atoms with van der Waals surface area (Å²) >= 11 is 0. The third-order valence-corrected chi connectivity index (χ3v) is 3.19. The lowest BCUT2D eigenvalue weighted by Gasteiger charge is -2.10. The maximum atomic E-state index is 5.54. The van der Waals surface area contributed by atoms with Crippen LogP contribution in [0.3, 0.4) is 0 Å². The highest BCUT2D eigenvalue weighted by Gasteiger charge is 2.06. The first-order valence-electron chi connectivity index (χ1n) is 7.75. The third kappa shape index (κ3) is 5.41. The Labute approximate surface area is 137 Å². The zero-order valence-electron chi connectivity index (χ0n) is 13.9. The normalized spacial score (nSPS) is 11.5. The van der Waals surface area contributed by atoms with Crippen molar-refractivity contribution in [1.29, 1.82) is 0 Å². The standard InChI is InChI=1S/C17H24N4O2/c1-4-18-17(19-9-10-22-3)20-11-15-12-23-16(21-15)14-7-5-13(2)6-8-14/h5-8,12H,4,9-11H2,1-3H3,(H2,18,19,20). The van der Waals surface area contributed by atoms with Crippen molar-refractivity contribution in [2.45, 2.75) is 20.4 Å². The van der Waals surface area contributed by atoms with E-state index in [1.165, 1.54) is 5.56 Å². The molecule has 2 aromatic rings. The van der Waals surface area contributed by atoms with Gasteiger partial charge in [-0.3, -0.25) is 0 Å². The molecule has 0 saturated carbocycles. The van der Waals surface area contributed by atoms with E-state index in [1.54, 1.807) is 13.4 Å². The molecule has 0 aliphatic carbocycles. The summed E-state index contributed by atoms with van der Waals surface area (Å²) in [5.74, 6) is 1.36. The zero-order chi connectivity index (χ0) is 16.5. The van der Waals surface area contributed by atoms with Crippen molar-refractivity contribution in [3.63, 3.8) is 0 Å². The SMILES string of the molecule is CCNC(=NCc1coc(-c2ccc(C)cc2)n1)NCCOC. The summed E-state index contributed by atoms with van der Waals surface area (Å²) in [4.78, 5) is 8.98. The van der Waals surface area contributed by atoms with Crippen LogP contribution in [0.4, 0.5) is 0 Å². The Morgan fingerprint density at radius 2 is 2.04 bits per heavy atom. The minimum Gasteiger partial charge on any atom is -0.444 e. The van der Waals surface area contributed by atoms with E-state index in [0.717, 1.165) is 23.8 Å². The lowest BCUT2D eigenvalue weighted by Crippen LogP contribution is -2.38. The molecule has 6 heteroatoms. The first-order chi connectivity index (χ1) is 11.2. The number of nitrogens with zero attached hydrogens (tertiary/aromatic N) is 2. The summed E-state index contributed by atoms with van der Waals surface area (Å²) in [6.45, 7) is 6.67. The van der Waals surface area contributed by atoms with Gasteiger partial charge in [-0.1, -0.05) is 17.7 Å². The van der Waals surface area contributed by atoms with Crippen LogP contribution in [-0.4, -0.2) is 37.7 Å². The van der Waals surface area contributed by atoms with Gasteiger partial charge in [0, 0.05) is 25.8 Å². The molecule has 0 bridgehead atoms. The van der Waals surface area contributed by atoms with Gasteiger partial charge >= 0.3 is 0 Å². The average molecular weight is 316 g/mol. The molecule has 0 amide bonds. The molecule has 1 aromatic heterocycles. The van der Waals surface area contributed by atoms with Crippen LogP contribution in [0.1, 0.15) is 18.2 Å². The topological polar surface area (TPSA) is 71.7 Å². The molecule has 124 valence electrons. The van der Waals surface area contributed by atoms with Gasteiger partial charge in [-0.2, -0.15) is 0 Å². The Balaban J connectivity index is 1.99. The van der Waals surface area contributed by atoms with Crippen molar-refractivity contribution >= 4 is 5.96 Å².